The van der Waals surface area contributed by atoms with Gasteiger partial charge in [-0.2, -0.15) is 5.10 Å². The number of carbonyl (C=O) groups is 1. The molecule has 0 amide bonds. The maximum absolute atomic E-state index is 13.2. The zero-order valence-corrected chi connectivity index (χ0v) is 13.9. The predicted molar refractivity (Wildman–Crippen MR) is 91.0 cm³/mol. The number of fused-ring (bicyclic) bond motifs is 1. The molecule has 0 bridgehead atoms. The van der Waals surface area contributed by atoms with Crippen LogP contribution in [0.1, 0.15) is 48.3 Å². The highest BCUT2D eigenvalue weighted by Gasteiger charge is 2.24. The van der Waals surface area contributed by atoms with E-state index in [1.165, 1.54) is 12.1 Å². The fourth-order valence-electron chi connectivity index (χ4n) is 3.08. The first kappa shape index (κ1) is 16.2. The van der Waals surface area contributed by atoms with Crippen LogP contribution >= 0.6 is 0 Å². The molecule has 5 heteroatoms. The van der Waals surface area contributed by atoms with Gasteiger partial charge in [0.2, 0.25) is 0 Å². The molecule has 1 N–H and O–H groups in total. The lowest BCUT2D eigenvalue weighted by atomic mass is 9.93. The van der Waals surface area contributed by atoms with Gasteiger partial charge in [-0.3, -0.25) is 0 Å². The molecule has 4 nitrogen and oxygen atoms in total. The van der Waals surface area contributed by atoms with Gasteiger partial charge in [-0.15, -0.1) is 0 Å². The van der Waals surface area contributed by atoms with Crippen LogP contribution in [0.2, 0.25) is 0 Å². The second-order valence-electron chi connectivity index (χ2n) is 6.08. The summed E-state index contributed by atoms with van der Waals surface area (Å²) < 4.78 is 15.1. The van der Waals surface area contributed by atoms with Crippen molar-refractivity contribution in [3.63, 3.8) is 0 Å². The van der Waals surface area contributed by atoms with Crippen molar-refractivity contribution in [3.05, 3.63) is 59.0 Å². The minimum absolute atomic E-state index is 0.0143. The summed E-state index contributed by atoms with van der Waals surface area (Å²) in [6.45, 7) is 5.96. The van der Waals surface area contributed by atoms with Gasteiger partial charge in [-0.05, 0) is 54.3 Å². The molecule has 1 aromatic carbocycles. The zero-order valence-electron chi connectivity index (χ0n) is 13.9. The van der Waals surface area contributed by atoms with Crippen LogP contribution in [-0.2, 0) is 6.42 Å². The summed E-state index contributed by atoms with van der Waals surface area (Å²) in [6, 6.07) is 9.65. The van der Waals surface area contributed by atoms with E-state index >= 15 is 0 Å². The molecular formula is C19H19FN2O2. The topological polar surface area (TPSA) is 54.6 Å². The monoisotopic (exact) mass is 326 g/mol. The Morgan fingerprint density at radius 1 is 1.21 bits per heavy atom. The SMILES string of the molecule is CCc1ccc2c(C(C)C)c(C(=O)O)c(-c3ccc(F)cc3)nn12. The molecule has 0 radical (unpaired) electrons. The molecule has 0 aliphatic rings. The average Bonchev–Trinajstić information content (AvgIpc) is 2.96. The summed E-state index contributed by atoms with van der Waals surface area (Å²) in [4.78, 5) is 12.0. The Hall–Kier alpha value is -2.69. The van der Waals surface area contributed by atoms with Crippen LogP contribution < -0.4 is 0 Å². The van der Waals surface area contributed by atoms with Crippen LogP contribution in [0.25, 0.3) is 16.8 Å². The lowest BCUT2D eigenvalue weighted by molar-refractivity contribution is 0.0695. The van der Waals surface area contributed by atoms with Gasteiger partial charge < -0.3 is 5.11 Å². The Balaban J connectivity index is 2.44. The van der Waals surface area contributed by atoms with Crippen LogP contribution in [-0.4, -0.2) is 20.7 Å². The zero-order chi connectivity index (χ0) is 17.4. The maximum Gasteiger partial charge on any atom is 0.338 e. The summed E-state index contributed by atoms with van der Waals surface area (Å²) in [7, 11) is 0. The summed E-state index contributed by atoms with van der Waals surface area (Å²) in [5, 5.41) is 14.4. The maximum atomic E-state index is 13.2. The summed E-state index contributed by atoms with van der Waals surface area (Å²) in [5.41, 5.74) is 3.71. The third-order valence-corrected chi connectivity index (χ3v) is 4.19. The molecule has 0 spiro atoms. The molecule has 3 rings (SSSR count). The van der Waals surface area contributed by atoms with Gasteiger partial charge in [0.05, 0.1) is 11.1 Å². The normalized spacial score (nSPS) is 11.4. The first-order valence-electron chi connectivity index (χ1n) is 7.97. The quantitative estimate of drug-likeness (QED) is 0.766. The van der Waals surface area contributed by atoms with Gasteiger partial charge in [0, 0.05) is 11.3 Å². The van der Waals surface area contributed by atoms with Gasteiger partial charge in [0.25, 0.3) is 0 Å². The number of aromatic carboxylic acids is 1. The van der Waals surface area contributed by atoms with Crippen LogP contribution in [0.5, 0.6) is 0 Å². The Labute approximate surface area is 139 Å². The van der Waals surface area contributed by atoms with Crippen molar-refractivity contribution in [2.24, 2.45) is 0 Å². The number of hydrogen-bond acceptors (Lipinski definition) is 2. The lowest BCUT2D eigenvalue weighted by Gasteiger charge is -2.17. The smallest absolute Gasteiger partial charge is 0.338 e. The number of halogens is 1. The van der Waals surface area contributed by atoms with Crippen molar-refractivity contribution >= 4 is 11.5 Å². The molecule has 124 valence electrons. The third kappa shape index (κ3) is 2.56. The molecule has 0 aliphatic carbocycles. The van der Waals surface area contributed by atoms with Gasteiger partial charge in [-0.1, -0.05) is 20.8 Å². The third-order valence-electron chi connectivity index (χ3n) is 4.19. The van der Waals surface area contributed by atoms with Crippen molar-refractivity contribution in [3.8, 4) is 11.3 Å². The molecule has 0 fully saturated rings. The number of carboxylic acid groups (broad SMARTS) is 1. The fraction of sp³-hybridized carbons (Fsp3) is 0.263. The summed E-state index contributed by atoms with van der Waals surface area (Å²) in [5.74, 6) is -1.37. The second-order valence-corrected chi connectivity index (χ2v) is 6.08. The van der Waals surface area contributed by atoms with Crippen molar-refractivity contribution in [1.29, 1.82) is 0 Å². The van der Waals surface area contributed by atoms with Gasteiger partial charge in [0.15, 0.2) is 0 Å². The predicted octanol–water partition coefficient (Wildman–Crippen LogP) is 4.52. The van der Waals surface area contributed by atoms with Crippen molar-refractivity contribution in [2.45, 2.75) is 33.1 Å². The van der Waals surface area contributed by atoms with E-state index in [1.807, 2.05) is 32.9 Å². The standard InChI is InChI=1S/C19H19FN2O2/c1-4-14-9-10-15-16(11(2)3)17(19(23)24)18(21-22(14)15)12-5-7-13(20)8-6-12/h5-11H,4H2,1-3H3,(H,23,24). The Morgan fingerprint density at radius 3 is 2.42 bits per heavy atom. The van der Waals surface area contributed by atoms with Crippen LogP contribution in [0, 0.1) is 5.82 Å². The van der Waals surface area contributed by atoms with E-state index in [-0.39, 0.29) is 17.3 Å². The largest absolute Gasteiger partial charge is 0.478 e. The Kier molecular flexibility index (Phi) is 4.09. The molecule has 0 saturated carbocycles. The number of benzene rings is 1. The molecule has 2 heterocycles. The Morgan fingerprint density at radius 2 is 1.88 bits per heavy atom. The number of aryl methyl sites for hydroxylation is 1. The molecule has 3 aromatic rings. The molecular weight excluding hydrogens is 307 g/mol. The van der Waals surface area contributed by atoms with Gasteiger partial charge in [0.1, 0.15) is 11.5 Å². The molecule has 0 aliphatic heterocycles. The van der Waals surface area contributed by atoms with Crippen molar-refractivity contribution in [1.82, 2.24) is 9.61 Å². The van der Waals surface area contributed by atoms with E-state index in [4.69, 9.17) is 0 Å². The molecule has 24 heavy (non-hydrogen) atoms. The van der Waals surface area contributed by atoms with E-state index in [0.29, 0.717) is 11.3 Å². The first-order chi connectivity index (χ1) is 11.4. The fourth-order valence-corrected chi connectivity index (χ4v) is 3.08. The Bertz CT molecular complexity index is 911. The lowest BCUT2D eigenvalue weighted by Crippen LogP contribution is -2.13. The molecule has 0 saturated heterocycles. The molecule has 0 unspecified atom stereocenters. The van der Waals surface area contributed by atoms with Crippen molar-refractivity contribution < 1.29 is 14.3 Å². The second kappa shape index (κ2) is 6.07. The highest BCUT2D eigenvalue weighted by atomic mass is 19.1. The van der Waals surface area contributed by atoms with Crippen molar-refractivity contribution in [2.75, 3.05) is 0 Å². The first-order valence-corrected chi connectivity index (χ1v) is 7.97. The van der Waals surface area contributed by atoms with Crippen LogP contribution in [0.4, 0.5) is 4.39 Å². The number of hydrogen-bond donors (Lipinski definition) is 1. The van der Waals surface area contributed by atoms with Gasteiger partial charge >= 0.3 is 5.97 Å². The minimum Gasteiger partial charge on any atom is -0.478 e. The van der Waals surface area contributed by atoms with Gasteiger partial charge in [-0.25, -0.2) is 13.7 Å². The molecule has 0 atom stereocenters. The van der Waals surface area contributed by atoms with E-state index in [2.05, 4.69) is 5.10 Å². The number of nitrogens with zero attached hydrogens (tertiary/aromatic N) is 2. The number of rotatable bonds is 4. The minimum atomic E-state index is -1.02. The highest BCUT2D eigenvalue weighted by Crippen LogP contribution is 2.33. The average molecular weight is 326 g/mol. The van der Waals surface area contributed by atoms with E-state index in [0.717, 1.165) is 23.2 Å². The summed E-state index contributed by atoms with van der Waals surface area (Å²) >= 11 is 0. The molecule has 2 aromatic heterocycles. The van der Waals surface area contributed by atoms with E-state index in [1.54, 1.807) is 16.6 Å². The number of carboxylic acids is 1. The highest BCUT2D eigenvalue weighted by molar-refractivity contribution is 5.98. The number of aromatic nitrogens is 2. The van der Waals surface area contributed by atoms with E-state index in [9.17, 15) is 14.3 Å². The van der Waals surface area contributed by atoms with Crippen LogP contribution in [0.15, 0.2) is 36.4 Å². The van der Waals surface area contributed by atoms with Crippen LogP contribution in [0.3, 0.4) is 0 Å². The summed E-state index contributed by atoms with van der Waals surface area (Å²) in [6.07, 6.45) is 0.786. The van der Waals surface area contributed by atoms with E-state index < -0.39 is 5.97 Å².